The van der Waals surface area contributed by atoms with Crippen molar-refractivity contribution in [2.45, 2.75) is 6.92 Å². The van der Waals surface area contributed by atoms with Gasteiger partial charge in [0.15, 0.2) is 0 Å². The fourth-order valence-electron chi connectivity index (χ4n) is 2.24. The lowest BCUT2D eigenvalue weighted by atomic mass is 10.1. The summed E-state index contributed by atoms with van der Waals surface area (Å²) in [6.45, 7) is 1.90. The second-order valence-corrected chi connectivity index (χ2v) is 6.40. The van der Waals surface area contributed by atoms with Crippen molar-refractivity contribution in [2.75, 3.05) is 0 Å². The fourth-order valence-corrected chi connectivity index (χ4v) is 3.64. The number of benzene rings is 1. The van der Waals surface area contributed by atoms with Gasteiger partial charge in [0, 0.05) is 34.7 Å². The van der Waals surface area contributed by atoms with Gasteiger partial charge in [-0.05, 0) is 30.0 Å². The smallest absolute Gasteiger partial charge is 0.206 e. The van der Waals surface area contributed by atoms with E-state index in [0.29, 0.717) is 20.5 Å². The lowest BCUT2D eigenvalue weighted by Crippen LogP contribution is -1.98. The van der Waals surface area contributed by atoms with E-state index in [1.807, 2.05) is 42.2 Å². The van der Waals surface area contributed by atoms with Crippen LogP contribution >= 0.6 is 34.5 Å². The fraction of sp³-hybridized carbons (Fsp3) is 0.133. The lowest BCUT2D eigenvalue weighted by Gasteiger charge is -1.98. The lowest BCUT2D eigenvalue weighted by molar-refractivity contribution is 0.104. The molecule has 0 saturated carbocycles. The highest BCUT2D eigenvalue weighted by molar-refractivity contribution is 7.13. The van der Waals surface area contributed by atoms with E-state index >= 15 is 0 Å². The number of nitrogens with zero attached hydrogens (tertiary/aromatic N) is 1. The van der Waals surface area contributed by atoms with Crippen LogP contribution in [-0.2, 0) is 7.05 Å². The monoisotopic (exact) mass is 323 g/mol. The number of aryl methyl sites for hydroxylation is 2. The summed E-state index contributed by atoms with van der Waals surface area (Å²) in [5, 5.41) is 4.00. The van der Waals surface area contributed by atoms with E-state index in [2.05, 4.69) is 0 Å². The third kappa shape index (κ3) is 2.06. The van der Waals surface area contributed by atoms with Crippen LogP contribution in [0.15, 0.2) is 29.8 Å². The van der Waals surface area contributed by atoms with Crippen molar-refractivity contribution >= 4 is 51.2 Å². The summed E-state index contributed by atoms with van der Waals surface area (Å²) >= 11 is 13.6. The van der Waals surface area contributed by atoms with Crippen molar-refractivity contribution in [3.05, 3.63) is 55.8 Å². The van der Waals surface area contributed by atoms with E-state index in [4.69, 9.17) is 23.2 Å². The van der Waals surface area contributed by atoms with Gasteiger partial charge in [-0.2, -0.15) is 0 Å². The molecule has 2 aromatic heterocycles. The summed E-state index contributed by atoms with van der Waals surface area (Å²) in [5.74, 6) is -0.0407. The van der Waals surface area contributed by atoms with Gasteiger partial charge in [-0.1, -0.05) is 29.3 Å². The van der Waals surface area contributed by atoms with Crippen molar-refractivity contribution in [1.29, 1.82) is 0 Å². The Kier molecular flexibility index (Phi) is 3.36. The van der Waals surface area contributed by atoms with Crippen LogP contribution in [0.1, 0.15) is 20.8 Å². The van der Waals surface area contributed by atoms with Crippen LogP contribution in [0.25, 0.3) is 10.9 Å². The molecule has 3 aromatic rings. The molecule has 0 aliphatic heterocycles. The Morgan fingerprint density at radius 1 is 1.30 bits per heavy atom. The first kappa shape index (κ1) is 13.7. The Hall–Kier alpha value is -1.29. The molecule has 3 rings (SSSR count). The SMILES string of the molecule is Cc1csc(C(=O)c2cn(C)c3cc(Cl)ccc23)c1Cl. The highest BCUT2D eigenvalue weighted by Gasteiger charge is 2.20. The quantitative estimate of drug-likeness (QED) is 0.602. The van der Waals surface area contributed by atoms with Crippen LogP contribution in [0.3, 0.4) is 0 Å². The maximum absolute atomic E-state index is 12.7. The summed E-state index contributed by atoms with van der Waals surface area (Å²) in [6.07, 6.45) is 1.83. The van der Waals surface area contributed by atoms with Crippen LogP contribution in [0.4, 0.5) is 0 Å². The summed E-state index contributed by atoms with van der Waals surface area (Å²) in [6, 6.07) is 5.52. The second kappa shape index (κ2) is 4.92. The molecule has 1 aromatic carbocycles. The Morgan fingerprint density at radius 2 is 2.05 bits per heavy atom. The van der Waals surface area contributed by atoms with E-state index in [-0.39, 0.29) is 5.78 Å². The van der Waals surface area contributed by atoms with Crippen LogP contribution in [0, 0.1) is 6.92 Å². The molecule has 0 amide bonds. The third-order valence-corrected chi connectivity index (χ3v) is 5.23. The molecule has 0 bridgehead atoms. The Bertz CT molecular complexity index is 832. The van der Waals surface area contributed by atoms with E-state index in [9.17, 15) is 4.79 Å². The molecule has 2 nitrogen and oxygen atoms in total. The number of hydrogen-bond acceptors (Lipinski definition) is 2. The maximum Gasteiger partial charge on any atom is 0.206 e. The van der Waals surface area contributed by atoms with E-state index in [1.54, 1.807) is 6.07 Å². The predicted molar refractivity (Wildman–Crippen MR) is 85.4 cm³/mol. The largest absolute Gasteiger partial charge is 0.350 e. The van der Waals surface area contributed by atoms with Gasteiger partial charge < -0.3 is 4.57 Å². The molecule has 0 spiro atoms. The first-order valence-corrected chi connectivity index (χ1v) is 7.65. The third-order valence-electron chi connectivity index (χ3n) is 3.30. The number of thiophene rings is 1. The van der Waals surface area contributed by atoms with Crippen molar-refractivity contribution in [3.8, 4) is 0 Å². The molecule has 0 radical (unpaired) electrons. The van der Waals surface area contributed by atoms with E-state index in [1.165, 1.54) is 11.3 Å². The molecule has 0 aliphatic carbocycles. The molecule has 102 valence electrons. The number of carbonyl (C=O) groups is 1. The highest BCUT2D eigenvalue weighted by atomic mass is 35.5. The Labute approximate surface area is 130 Å². The number of fused-ring (bicyclic) bond motifs is 1. The minimum absolute atomic E-state index is 0.0407. The molecule has 0 unspecified atom stereocenters. The standard InChI is InChI=1S/C15H11Cl2NOS/c1-8-7-20-15(13(8)17)14(19)11-6-18(2)12-5-9(16)3-4-10(11)12/h3-7H,1-2H3. The van der Waals surface area contributed by atoms with Gasteiger partial charge in [0.05, 0.1) is 9.90 Å². The van der Waals surface area contributed by atoms with Gasteiger partial charge in [-0.3, -0.25) is 4.79 Å². The zero-order valence-corrected chi connectivity index (χ0v) is 13.2. The van der Waals surface area contributed by atoms with Gasteiger partial charge in [0.1, 0.15) is 0 Å². The molecule has 20 heavy (non-hydrogen) atoms. The van der Waals surface area contributed by atoms with Gasteiger partial charge in [-0.15, -0.1) is 11.3 Å². The molecule has 0 fully saturated rings. The average Bonchev–Trinajstić information content (AvgIpc) is 2.91. The number of aromatic nitrogens is 1. The molecule has 0 atom stereocenters. The minimum Gasteiger partial charge on any atom is -0.350 e. The molecule has 0 saturated heterocycles. The van der Waals surface area contributed by atoms with Crippen LogP contribution in [-0.4, -0.2) is 10.4 Å². The van der Waals surface area contributed by atoms with Crippen LogP contribution < -0.4 is 0 Å². The topological polar surface area (TPSA) is 22.0 Å². The van der Waals surface area contributed by atoms with Crippen molar-refractivity contribution in [3.63, 3.8) is 0 Å². The zero-order valence-electron chi connectivity index (χ0n) is 10.9. The van der Waals surface area contributed by atoms with E-state index < -0.39 is 0 Å². The molecule has 5 heteroatoms. The summed E-state index contributed by atoms with van der Waals surface area (Å²) in [4.78, 5) is 13.3. The Balaban J connectivity index is 2.20. The second-order valence-electron chi connectivity index (χ2n) is 4.71. The molecule has 0 aliphatic rings. The van der Waals surface area contributed by atoms with Crippen LogP contribution in [0.2, 0.25) is 10.0 Å². The van der Waals surface area contributed by atoms with Crippen molar-refractivity contribution in [1.82, 2.24) is 4.57 Å². The summed E-state index contributed by atoms with van der Waals surface area (Å²) in [5.41, 5.74) is 2.52. The zero-order chi connectivity index (χ0) is 14.4. The van der Waals surface area contributed by atoms with Gasteiger partial charge in [-0.25, -0.2) is 0 Å². The van der Waals surface area contributed by atoms with Crippen LogP contribution in [0.5, 0.6) is 0 Å². The first-order valence-electron chi connectivity index (χ1n) is 6.02. The van der Waals surface area contributed by atoms with Gasteiger partial charge >= 0.3 is 0 Å². The number of hydrogen-bond donors (Lipinski definition) is 0. The van der Waals surface area contributed by atoms with E-state index in [0.717, 1.165) is 16.5 Å². The highest BCUT2D eigenvalue weighted by Crippen LogP contribution is 2.32. The molecule has 0 N–H and O–H groups in total. The van der Waals surface area contributed by atoms with Crippen molar-refractivity contribution < 1.29 is 4.79 Å². The molecular formula is C15H11Cl2NOS. The first-order chi connectivity index (χ1) is 9.49. The minimum atomic E-state index is -0.0407. The summed E-state index contributed by atoms with van der Waals surface area (Å²) < 4.78 is 1.91. The maximum atomic E-state index is 12.7. The number of carbonyl (C=O) groups excluding carboxylic acids is 1. The van der Waals surface area contributed by atoms with Gasteiger partial charge in [0.2, 0.25) is 5.78 Å². The predicted octanol–water partition coefficient (Wildman–Crippen LogP) is 5.09. The molecule has 2 heterocycles. The number of rotatable bonds is 2. The van der Waals surface area contributed by atoms with Gasteiger partial charge in [0.25, 0.3) is 0 Å². The summed E-state index contributed by atoms with van der Waals surface area (Å²) in [7, 11) is 1.90. The van der Waals surface area contributed by atoms with Crippen molar-refractivity contribution in [2.24, 2.45) is 7.05 Å². The number of halogens is 2. The number of ketones is 1. The Morgan fingerprint density at radius 3 is 2.70 bits per heavy atom. The average molecular weight is 324 g/mol. The normalized spacial score (nSPS) is 11.2. The molecular weight excluding hydrogens is 313 g/mol.